The molecule has 0 aliphatic carbocycles. The maximum atomic E-state index is 11.3. The molecule has 0 amide bonds. The second-order valence-electron chi connectivity index (χ2n) is 4.39. The number of hydrogen-bond acceptors (Lipinski definition) is 5. The van der Waals surface area contributed by atoms with E-state index < -0.39 is 10.0 Å². The van der Waals surface area contributed by atoms with E-state index in [-0.39, 0.29) is 5.16 Å². The molecule has 100 valence electrons. The number of sulfonamides is 1. The number of nitrogens with zero attached hydrogens (tertiary/aromatic N) is 3. The molecule has 0 fully saturated rings. The first kappa shape index (κ1) is 12.3. The van der Waals surface area contributed by atoms with Crippen LogP contribution in [0.4, 0.5) is 0 Å². The van der Waals surface area contributed by atoms with Crippen molar-refractivity contribution in [2.24, 2.45) is 12.2 Å². The van der Waals surface area contributed by atoms with Gasteiger partial charge >= 0.3 is 0 Å². The van der Waals surface area contributed by atoms with Crippen molar-refractivity contribution < 1.29 is 13.2 Å². The highest BCUT2D eigenvalue weighted by atomic mass is 32.2. The van der Waals surface area contributed by atoms with E-state index in [9.17, 15) is 8.42 Å². The van der Waals surface area contributed by atoms with Crippen molar-refractivity contribution in [1.29, 1.82) is 0 Å². The number of benzene rings is 1. The van der Waals surface area contributed by atoms with E-state index >= 15 is 0 Å². The second-order valence-corrected chi connectivity index (χ2v) is 5.84. The summed E-state index contributed by atoms with van der Waals surface area (Å²) in [6.07, 6.45) is 0. The molecule has 0 atom stereocenters. The van der Waals surface area contributed by atoms with E-state index in [1.807, 2.05) is 18.2 Å². The number of primary sulfonamides is 1. The summed E-state index contributed by atoms with van der Waals surface area (Å²) in [5, 5.41) is 12.3. The molecule has 0 bridgehead atoms. The summed E-state index contributed by atoms with van der Waals surface area (Å²) in [7, 11) is -2.30. The van der Waals surface area contributed by atoms with Gasteiger partial charge in [0.05, 0.1) is 13.2 Å². The van der Waals surface area contributed by atoms with Crippen LogP contribution in [0.25, 0.3) is 11.4 Å². The van der Waals surface area contributed by atoms with E-state index in [1.165, 1.54) is 4.57 Å². The van der Waals surface area contributed by atoms with Crippen LogP contribution < -0.4 is 5.14 Å². The molecular weight excluding hydrogens is 268 g/mol. The van der Waals surface area contributed by atoms with Crippen molar-refractivity contribution in [1.82, 2.24) is 14.8 Å². The van der Waals surface area contributed by atoms with Gasteiger partial charge in [0, 0.05) is 12.6 Å². The molecule has 1 aliphatic rings. The summed E-state index contributed by atoms with van der Waals surface area (Å²) in [5.41, 5.74) is 3.00. The Labute approximate surface area is 110 Å². The van der Waals surface area contributed by atoms with Crippen molar-refractivity contribution in [2.45, 2.75) is 18.4 Å². The van der Waals surface area contributed by atoms with Gasteiger partial charge in [0.25, 0.3) is 15.2 Å². The predicted molar refractivity (Wildman–Crippen MR) is 66.3 cm³/mol. The third-order valence-corrected chi connectivity index (χ3v) is 3.93. The van der Waals surface area contributed by atoms with Crippen molar-refractivity contribution in [3.8, 4) is 11.4 Å². The normalized spacial score (nSPS) is 14.6. The number of aromatic nitrogens is 3. The van der Waals surface area contributed by atoms with E-state index in [1.54, 1.807) is 7.05 Å². The molecule has 2 N–H and O–H groups in total. The van der Waals surface area contributed by atoms with Gasteiger partial charge in [-0.05, 0) is 17.2 Å². The van der Waals surface area contributed by atoms with Gasteiger partial charge in [-0.3, -0.25) is 4.57 Å². The van der Waals surface area contributed by atoms with Crippen molar-refractivity contribution in [2.75, 3.05) is 0 Å². The molecule has 0 radical (unpaired) electrons. The van der Waals surface area contributed by atoms with E-state index in [0.29, 0.717) is 19.0 Å². The Morgan fingerprint density at radius 1 is 1.26 bits per heavy atom. The number of hydrogen-bond donors (Lipinski definition) is 1. The summed E-state index contributed by atoms with van der Waals surface area (Å²) in [6.45, 7) is 1.17. The summed E-state index contributed by atoms with van der Waals surface area (Å²) in [5.74, 6) is 0.457. The van der Waals surface area contributed by atoms with Gasteiger partial charge in [0.2, 0.25) is 0 Å². The molecule has 0 spiro atoms. The summed E-state index contributed by atoms with van der Waals surface area (Å²) >= 11 is 0. The fourth-order valence-electron chi connectivity index (χ4n) is 2.13. The first-order valence-corrected chi connectivity index (χ1v) is 7.13. The first-order chi connectivity index (χ1) is 8.97. The zero-order valence-corrected chi connectivity index (χ0v) is 11.0. The Balaban J connectivity index is 2.11. The minimum Gasteiger partial charge on any atom is -0.372 e. The lowest BCUT2D eigenvalue weighted by Crippen LogP contribution is -2.17. The SMILES string of the molecule is Cn1c(-c2ccc3c(c2)COC3)nnc1S(N)(=O)=O. The maximum absolute atomic E-state index is 11.3. The van der Waals surface area contributed by atoms with E-state index in [0.717, 1.165) is 16.7 Å². The third-order valence-electron chi connectivity index (χ3n) is 3.07. The van der Waals surface area contributed by atoms with Gasteiger partial charge in [-0.1, -0.05) is 12.1 Å². The smallest absolute Gasteiger partial charge is 0.273 e. The van der Waals surface area contributed by atoms with Crippen LogP contribution in [0, 0.1) is 0 Å². The molecule has 2 heterocycles. The summed E-state index contributed by atoms with van der Waals surface area (Å²) < 4.78 is 29.3. The van der Waals surface area contributed by atoms with E-state index in [4.69, 9.17) is 9.88 Å². The minimum absolute atomic E-state index is 0.251. The van der Waals surface area contributed by atoms with Crippen LogP contribution >= 0.6 is 0 Å². The lowest BCUT2D eigenvalue weighted by atomic mass is 10.1. The van der Waals surface area contributed by atoms with Gasteiger partial charge in [-0.15, -0.1) is 10.2 Å². The Hall–Kier alpha value is -1.77. The first-order valence-electron chi connectivity index (χ1n) is 5.59. The third kappa shape index (κ3) is 2.03. The van der Waals surface area contributed by atoms with Crippen LogP contribution in [0.3, 0.4) is 0 Å². The number of fused-ring (bicyclic) bond motifs is 1. The van der Waals surface area contributed by atoms with Crippen LogP contribution in [-0.4, -0.2) is 23.2 Å². The molecule has 0 unspecified atom stereocenters. The average molecular weight is 280 g/mol. The molecule has 0 saturated carbocycles. The largest absolute Gasteiger partial charge is 0.372 e. The van der Waals surface area contributed by atoms with Crippen LogP contribution in [0.5, 0.6) is 0 Å². The topological polar surface area (TPSA) is 100 Å². The van der Waals surface area contributed by atoms with Crippen LogP contribution in [-0.2, 0) is 35.0 Å². The molecule has 1 aliphatic heterocycles. The Morgan fingerprint density at radius 2 is 2.00 bits per heavy atom. The lowest BCUT2D eigenvalue weighted by molar-refractivity contribution is 0.134. The lowest BCUT2D eigenvalue weighted by Gasteiger charge is -2.04. The standard InChI is InChI=1S/C11H12N4O3S/c1-15-10(13-14-11(15)19(12,16)17)7-2-3-8-5-18-6-9(8)4-7/h2-4H,5-6H2,1H3,(H2,12,16,17). The fraction of sp³-hybridized carbons (Fsp3) is 0.273. The monoisotopic (exact) mass is 280 g/mol. The number of ether oxygens (including phenoxy) is 1. The highest BCUT2D eigenvalue weighted by Crippen LogP contribution is 2.26. The van der Waals surface area contributed by atoms with Crippen molar-refractivity contribution in [3.63, 3.8) is 0 Å². The van der Waals surface area contributed by atoms with Crippen molar-refractivity contribution >= 4 is 10.0 Å². The predicted octanol–water partition coefficient (Wildman–Crippen LogP) is 0.160. The Kier molecular flexibility index (Phi) is 2.66. The van der Waals surface area contributed by atoms with Crippen molar-refractivity contribution in [3.05, 3.63) is 29.3 Å². The number of rotatable bonds is 2. The maximum Gasteiger partial charge on any atom is 0.273 e. The minimum atomic E-state index is -3.87. The molecule has 1 aromatic heterocycles. The van der Waals surface area contributed by atoms with Crippen LogP contribution in [0.2, 0.25) is 0 Å². The molecule has 3 rings (SSSR count). The van der Waals surface area contributed by atoms with Gasteiger partial charge in [0.1, 0.15) is 0 Å². The second kappa shape index (κ2) is 4.12. The molecule has 7 nitrogen and oxygen atoms in total. The summed E-state index contributed by atoms with van der Waals surface area (Å²) in [4.78, 5) is 0. The Morgan fingerprint density at radius 3 is 2.68 bits per heavy atom. The van der Waals surface area contributed by atoms with Gasteiger partial charge in [-0.2, -0.15) is 0 Å². The van der Waals surface area contributed by atoms with Gasteiger partial charge in [0.15, 0.2) is 5.82 Å². The van der Waals surface area contributed by atoms with E-state index in [2.05, 4.69) is 10.2 Å². The quantitative estimate of drug-likeness (QED) is 0.844. The molecule has 1 aromatic carbocycles. The zero-order chi connectivity index (χ0) is 13.6. The highest BCUT2D eigenvalue weighted by molar-refractivity contribution is 7.89. The highest BCUT2D eigenvalue weighted by Gasteiger charge is 2.20. The van der Waals surface area contributed by atoms with Gasteiger partial charge < -0.3 is 4.74 Å². The fourth-order valence-corrected chi connectivity index (χ4v) is 2.75. The molecule has 2 aromatic rings. The molecular formula is C11H12N4O3S. The molecule has 0 saturated heterocycles. The Bertz CT molecular complexity index is 751. The molecule has 19 heavy (non-hydrogen) atoms. The van der Waals surface area contributed by atoms with Crippen LogP contribution in [0.15, 0.2) is 23.4 Å². The summed E-state index contributed by atoms with van der Waals surface area (Å²) in [6, 6.07) is 5.74. The van der Waals surface area contributed by atoms with Gasteiger partial charge in [-0.25, -0.2) is 13.6 Å². The number of nitrogens with two attached hydrogens (primary N) is 1. The molecule has 8 heteroatoms. The average Bonchev–Trinajstić information content (AvgIpc) is 2.92. The zero-order valence-electron chi connectivity index (χ0n) is 10.2. The van der Waals surface area contributed by atoms with Crippen LogP contribution in [0.1, 0.15) is 11.1 Å².